The van der Waals surface area contributed by atoms with Crippen LogP contribution in [0.5, 0.6) is 0 Å². The van der Waals surface area contributed by atoms with Gasteiger partial charge in [-0.15, -0.1) is 0 Å². The van der Waals surface area contributed by atoms with Crippen LogP contribution in [-0.4, -0.2) is 61.4 Å². The Morgan fingerprint density at radius 2 is 1.00 bits per heavy atom. The Hall–Kier alpha value is 2.69. The van der Waals surface area contributed by atoms with E-state index in [1.54, 1.807) is 0 Å². The van der Waals surface area contributed by atoms with Crippen molar-refractivity contribution in [2.24, 2.45) is 4.41 Å². The van der Waals surface area contributed by atoms with E-state index in [1.165, 1.54) is 0 Å². The van der Waals surface area contributed by atoms with Crippen molar-refractivity contribution in [3.63, 3.8) is 0 Å². The molecule has 0 aromatic rings. The average Bonchev–Trinajstić information content (AvgIpc) is 1.98. The standard InChI is InChI=1S/C13H39N3PSi4.3ClH.Sn/c1-17(14-18(2,3)4,15-19(5,6)7)16(20(8,9)10)21(11,12)13;;;;/h1-13H3;3*1H;/q-1;;;;+4/p-3. The van der Waals surface area contributed by atoms with Crippen LogP contribution in [0.25, 0.3) is 0 Å². The first kappa shape index (κ1) is 27.7. The van der Waals surface area contributed by atoms with Crippen molar-refractivity contribution in [2.45, 2.75) is 78.6 Å². The first-order valence-corrected chi connectivity index (χ1v) is 36.7. The summed E-state index contributed by atoms with van der Waals surface area (Å²) in [6.45, 7) is 30.8. The number of nitrogens with zero attached hydrogens (tertiary/aromatic N) is 3. The molecule has 0 bridgehead atoms. The Balaban J connectivity index is 7.17. The van der Waals surface area contributed by atoms with Gasteiger partial charge in [0.15, 0.2) is 0 Å². The number of rotatable bonds is 7. The third kappa shape index (κ3) is 8.14. The molecule has 0 aromatic carbocycles. The number of halogens is 3. The van der Waals surface area contributed by atoms with Gasteiger partial charge in [0.2, 0.25) is 0 Å². The zero-order valence-corrected chi connectivity index (χ0v) is 28.4. The van der Waals surface area contributed by atoms with E-state index in [4.69, 9.17) is 31.2 Å². The van der Waals surface area contributed by atoms with Gasteiger partial charge in [0, 0.05) is 0 Å². The first-order chi connectivity index (χ1) is 10.4. The van der Waals surface area contributed by atoms with Gasteiger partial charge in [0.25, 0.3) is 0 Å². The van der Waals surface area contributed by atoms with Crippen molar-refractivity contribution in [2.75, 3.05) is 6.66 Å². The molecule has 0 spiro atoms. The molecule has 0 aromatic heterocycles. The molecular weight excluding hydrogens is 567 g/mol. The van der Waals surface area contributed by atoms with Gasteiger partial charge in [-0.25, -0.2) is 0 Å². The zero-order valence-electron chi connectivity index (χ0n) is 18.4. The molecule has 0 fully saturated rings. The van der Waals surface area contributed by atoms with E-state index in [-0.39, 0.29) is 0 Å². The van der Waals surface area contributed by atoms with Crippen LogP contribution in [0.1, 0.15) is 0 Å². The summed E-state index contributed by atoms with van der Waals surface area (Å²) < 4.78 is 10.9. The minimum absolute atomic E-state index is 1.67. The van der Waals surface area contributed by atoms with Crippen LogP contribution in [0, 0.1) is 0 Å². The van der Waals surface area contributed by atoms with Crippen molar-refractivity contribution >= 4 is 82.3 Å². The molecule has 152 valence electrons. The summed E-state index contributed by atoms with van der Waals surface area (Å²) in [5.41, 5.74) is 0. The first-order valence-electron chi connectivity index (χ1n) is 8.73. The zero-order chi connectivity index (χ0) is 20.9. The topological polar surface area (TPSA) is 18.8 Å². The number of hydrogen-bond donors (Lipinski definition) is 0. The second kappa shape index (κ2) is 8.44. The van der Waals surface area contributed by atoms with Gasteiger partial charge in [-0.05, 0) is 0 Å². The van der Waals surface area contributed by atoms with Gasteiger partial charge in [0.05, 0.1) is 0 Å². The maximum absolute atomic E-state index is 6.83. The maximum atomic E-state index is 6.83. The van der Waals surface area contributed by atoms with Gasteiger partial charge in [0.1, 0.15) is 0 Å². The molecule has 0 amide bonds. The summed E-state index contributed by atoms with van der Waals surface area (Å²) in [6.07, 6.45) is 0. The predicted molar refractivity (Wildman–Crippen MR) is 136 cm³/mol. The van der Waals surface area contributed by atoms with Crippen LogP contribution in [0.2, 0.25) is 78.6 Å². The molecule has 1 unspecified atom stereocenters. The van der Waals surface area contributed by atoms with Gasteiger partial charge in [-0.3, -0.25) is 0 Å². The van der Waals surface area contributed by atoms with Crippen LogP contribution in [0.15, 0.2) is 4.41 Å². The summed E-state index contributed by atoms with van der Waals surface area (Å²) in [4.78, 5) is 0. The second-order valence-corrected chi connectivity index (χ2v) is 55.6. The normalized spacial score (nSPS) is 17.8. The average molecular weight is 606 g/mol. The summed E-state index contributed by atoms with van der Waals surface area (Å²) in [6, 6.07) is 0. The molecule has 0 heterocycles. The van der Waals surface area contributed by atoms with Gasteiger partial charge in [-0.2, -0.15) is 0 Å². The van der Waals surface area contributed by atoms with Crippen LogP contribution < -0.4 is 0 Å². The molecule has 0 saturated carbocycles. The van der Waals surface area contributed by atoms with Crippen LogP contribution >= 0.6 is 34.1 Å². The van der Waals surface area contributed by atoms with Crippen molar-refractivity contribution in [1.82, 2.24) is 6.56 Å². The molecule has 0 aliphatic rings. The predicted octanol–water partition coefficient (Wildman–Crippen LogP) is 7.74. The van der Waals surface area contributed by atoms with Gasteiger partial charge < -0.3 is 0 Å². The summed E-state index contributed by atoms with van der Waals surface area (Å²) in [5, 5.41) is 0. The summed E-state index contributed by atoms with van der Waals surface area (Å²) >= 11 is -3.93. The van der Waals surface area contributed by atoms with Crippen molar-refractivity contribution in [1.29, 1.82) is 0 Å². The van der Waals surface area contributed by atoms with Crippen molar-refractivity contribution in [3.05, 3.63) is 0 Å². The molecule has 0 saturated heterocycles. The Labute approximate surface area is 177 Å². The second-order valence-electron chi connectivity index (χ2n) is 10.7. The van der Waals surface area contributed by atoms with Gasteiger partial charge >= 0.3 is 179 Å². The third-order valence-electron chi connectivity index (χ3n) is 3.39. The van der Waals surface area contributed by atoms with E-state index in [1.807, 2.05) is 0 Å². The van der Waals surface area contributed by atoms with Crippen LogP contribution in [-0.2, 0) is 0 Å². The Morgan fingerprint density at radius 3 is 1.16 bits per heavy atom. The van der Waals surface area contributed by atoms with E-state index in [9.17, 15) is 0 Å². The van der Waals surface area contributed by atoms with Crippen LogP contribution in [0.4, 0.5) is 0 Å². The monoisotopic (exact) mass is 605 g/mol. The molecule has 0 aliphatic heterocycles. The van der Waals surface area contributed by atoms with E-state index in [2.05, 4.69) is 91.8 Å². The fraction of sp³-hybridized carbons (Fsp3) is 1.00. The Morgan fingerprint density at radius 1 is 0.680 bits per heavy atom. The Kier molecular flexibility index (Phi) is 9.34. The third-order valence-corrected chi connectivity index (χ3v) is 48.7. The van der Waals surface area contributed by atoms with E-state index in [0.717, 1.165) is 0 Å². The molecule has 1 atom stereocenters. The molecular formula is C13H39Cl3N3PSi4Sn. The SMILES string of the molecule is C[Si](C)(C)N=P(C)(N([Si](C)(C)C)[Si](C)(C)C)[N]([Si](C)(C)C)[Sn]([Cl])([Cl])[Cl]. The molecule has 0 aliphatic carbocycles. The van der Waals surface area contributed by atoms with E-state index < -0.39 is 55.6 Å². The molecule has 0 N–H and O–H groups in total. The van der Waals surface area contributed by atoms with E-state index in [0.29, 0.717) is 0 Å². The summed E-state index contributed by atoms with van der Waals surface area (Å²) in [5.74, 6) is 0. The fourth-order valence-electron chi connectivity index (χ4n) is 4.05. The van der Waals surface area contributed by atoms with Gasteiger partial charge in [-0.1, -0.05) is 0 Å². The minimum atomic E-state index is -3.93. The van der Waals surface area contributed by atoms with Crippen molar-refractivity contribution in [3.8, 4) is 0 Å². The van der Waals surface area contributed by atoms with Crippen molar-refractivity contribution < 1.29 is 0 Å². The Bertz CT molecular complexity index is 467. The van der Waals surface area contributed by atoms with E-state index >= 15 is 0 Å². The number of hydrogen-bond acceptors (Lipinski definition) is 1. The fourth-order valence-corrected chi connectivity index (χ4v) is 72.5. The van der Waals surface area contributed by atoms with Crippen LogP contribution in [0.3, 0.4) is 0 Å². The quantitative estimate of drug-likeness (QED) is 0.218. The molecule has 0 radical (unpaired) electrons. The summed E-state index contributed by atoms with van der Waals surface area (Å²) in [7, 11) is 11.5. The molecule has 12 heteroatoms. The molecule has 25 heavy (non-hydrogen) atoms. The molecule has 0 rings (SSSR count). The molecule has 3 nitrogen and oxygen atoms in total.